The molecule has 2 nitrogen and oxygen atoms in total. The van der Waals surface area contributed by atoms with Crippen molar-refractivity contribution in [2.45, 2.75) is 12.8 Å². The molecule has 0 bridgehead atoms. The largest absolute Gasteiger partial charge is 0.356 e. The van der Waals surface area contributed by atoms with Gasteiger partial charge in [-0.1, -0.05) is 34.1 Å². The minimum absolute atomic E-state index is 0.106. The molecule has 1 aromatic carbocycles. The van der Waals surface area contributed by atoms with Crippen LogP contribution < -0.4 is 5.32 Å². The van der Waals surface area contributed by atoms with Crippen molar-refractivity contribution in [1.29, 1.82) is 0 Å². The van der Waals surface area contributed by atoms with Crippen molar-refractivity contribution < 1.29 is 9.18 Å². The predicted molar refractivity (Wildman–Crippen MR) is 61.5 cm³/mol. The zero-order chi connectivity index (χ0) is 11.1. The van der Waals surface area contributed by atoms with E-state index in [4.69, 9.17) is 0 Å². The average Bonchev–Trinajstić information content (AvgIpc) is 2.22. The van der Waals surface area contributed by atoms with Crippen LogP contribution in [0.1, 0.15) is 12.0 Å². The molecule has 0 saturated carbocycles. The molecule has 0 aliphatic heterocycles. The van der Waals surface area contributed by atoms with Crippen LogP contribution in [0, 0.1) is 5.82 Å². The van der Waals surface area contributed by atoms with Crippen molar-refractivity contribution in [3.8, 4) is 0 Å². The predicted octanol–water partition coefficient (Wildman–Crippen LogP) is 2.27. The number of alkyl halides is 1. The molecule has 1 aromatic rings. The van der Waals surface area contributed by atoms with E-state index in [2.05, 4.69) is 21.2 Å². The van der Waals surface area contributed by atoms with E-state index in [1.807, 2.05) is 0 Å². The summed E-state index contributed by atoms with van der Waals surface area (Å²) in [4.78, 5) is 11.3. The highest BCUT2D eigenvalue weighted by Gasteiger charge is 2.06. The molecule has 1 amide bonds. The topological polar surface area (TPSA) is 29.1 Å². The van der Waals surface area contributed by atoms with E-state index in [-0.39, 0.29) is 18.1 Å². The molecule has 82 valence electrons. The van der Waals surface area contributed by atoms with Crippen LogP contribution in [0.3, 0.4) is 0 Å². The van der Waals surface area contributed by atoms with Gasteiger partial charge >= 0.3 is 0 Å². The summed E-state index contributed by atoms with van der Waals surface area (Å²) in [5.74, 6) is -0.464. The number of carbonyl (C=O) groups excluding carboxylic acids is 1. The lowest BCUT2D eigenvalue weighted by atomic mass is 10.1. The molecule has 0 atom stereocenters. The molecule has 0 unspecified atom stereocenters. The van der Waals surface area contributed by atoms with Gasteiger partial charge in [0.25, 0.3) is 0 Å². The Morgan fingerprint density at radius 1 is 1.40 bits per heavy atom. The molecule has 4 heteroatoms. The molecule has 0 spiro atoms. The standard InChI is InChI=1S/C11H13BrFNO/c12-6-3-7-14-11(15)8-9-4-1-2-5-10(9)13/h1-2,4-5H,3,6-8H2,(H,14,15). The van der Waals surface area contributed by atoms with E-state index in [1.165, 1.54) is 6.07 Å². The van der Waals surface area contributed by atoms with Gasteiger partial charge in [0.15, 0.2) is 0 Å². The fraction of sp³-hybridized carbons (Fsp3) is 0.364. The van der Waals surface area contributed by atoms with Gasteiger partial charge in [-0.25, -0.2) is 4.39 Å². The van der Waals surface area contributed by atoms with Gasteiger partial charge in [-0.15, -0.1) is 0 Å². The van der Waals surface area contributed by atoms with Crippen LogP contribution in [0.25, 0.3) is 0 Å². The van der Waals surface area contributed by atoms with Crippen LogP contribution in [0.4, 0.5) is 4.39 Å². The van der Waals surface area contributed by atoms with Crippen molar-refractivity contribution in [2.24, 2.45) is 0 Å². The van der Waals surface area contributed by atoms with Gasteiger partial charge in [-0.3, -0.25) is 4.79 Å². The molecule has 0 radical (unpaired) electrons. The summed E-state index contributed by atoms with van der Waals surface area (Å²) in [7, 11) is 0. The van der Waals surface area contributed by atoms with E-state index in [0.717, 1.165) is 11.8 Å². The average molecular weight is 274 g/mol. The zero-order valence-corrected chi connectivity index (χ0v) is 9.89. The number of hydrogen-bond donors (Lipinski definition) is 1. The van der Waals surface area contributed by atoms with Crippen molar-refractivity contribution in [3.63, 3.8) is 0 Å². The molecule has 0 fully saturated rings. The number of nitrogens with one attached hydrogen (secondary N) is 1. The Morgan fingerprint density at radius 2 is 2.13 bits per heavy atom. The number of hydrogen-bond acceptors (Lipinski definition) is 1. The van der Waals surface area contributed by atoms with E-state index in [0.29, 0.717) is 12.1 Å². The van der Waals surface area contributed by atoms with E-state index in [9.17, 15) is 9.18 Å². The quantitative estimate of drug-likeness (QED) is 0.647. The van der Waals surface area contributed by atoms with Crippen molar-refractivity contribution >= 4 is 21.8 Å². The number of halogens is 2. The lowest BCUT2D eigenvalue weighted by Crippen LogP contribution is -2.26. The molecule has 1 rings (SSSR count). The summed E-state index contributed by atoms with van der Waals surface area (Å²) in [6.45, 7) is 0.624. The molecule has 0 aliphatic rings. The summed E-state index contributed by atoms with van der Waals surface area (Å²) in [5, 5.41) is 3.58. The molecule has 0 aliphatic carbocycles. The van der Waals surface area contributed by atoms with E-state index < -0.39 is 0 Å². The first-order valence-corrected chi connectivity index (χ1v) is 5.92. The molecule has 0 aromatic heterocycles. The van der Waals surface area contributed by atoms with Crippen molar-refractivity contribution in [1.82, 2.24) is 5.32 Å². The Labute approximate surface area is 97.0 Å². The second-order valence-corrected chi connectivity index (χ2v) is 3.95. The van der Waals surface area contributed by atoms with Gasteiger partial charge in [0.1, 0.15) is 5.82 Å². The second-order valence-electron chi connectivity index (χ2n) is 3.16. The maximum atomic E-state index is 13.2. The van der Waals surface area contributed by atoms with Gasteiger partial charge in [-0.2, -0.15) is 0 Å². The number of amides is 1. The molecule has 1 N–H and O–H groups in total. The third-order valence-electron chi connectivity index (χ3n) is 1.94. The van der Waals surface area contributed by atoms with Crippen LogP contribution in [0.5, 0.6) is 0 Å². The summed E-state index contributed by atoms with van der Waals surface area (Å²) in [6.07, 6.45) is 0.984. The van der Waals surface area contributed by atoms with Gasteiger partial charge in [0, 0.05) is 11.9 Å². The summed E-state index contributed by atoms with van der Waals surface area (Å²) >= 11 is 3.27. The SMILES string of the molecule is O=C(Cc1ccccc1F)NCCCBr. The highest BCUT2D eigenvalue weighted by Crippen LogP contribution is 2.06. The second kappa shape index (κ2) is 6.56. The van der Waals surface area contributed by atoms with Crippen LogP contribution in [0.15, 0.2) is 24.3 Å². The number of rotatable bonds is 5. The Kier molecular flexibility index (Phi) is 5.32. The Morgan fingerprint density at radius 3 is 2.80 bits per heavy atom. The van der Waals surface area contributed by atoms with Crippen LogP contribution >= 0.6 is 15.9 Å². The number of carbonyl (C=O) groups is 1. The third kappa shape index (κ3) is 4.42. The summed E-state index contributed by atoms with van der Waals surface area (Å²) in [6, 6.07) is 6.33. The van der Waals surface area contributed by atoms with Crippen LogP contribution in [-0.2, 0) is 11.2 Å². The van der Waals surface area contributed by atoms with Crippen molar-refractivity contribution in [3.05, 3.63) is 35.6 Å². The van der Waals surface area contributed by atoms with Gasteiger partial charge in [0.05, 0.1) is 6.42 Å². The lowest BCUT2D eigenvalue weighted by molar-refractivity contribution is -0.120. The summed E-state index contributed by atoms with van der Waals surface area (Å²) in [5.41, 5.74) is 0.439. The third-order valence-corrected chi connectivity index (χ3v) is 2.50. The van der Waals surface area contributed by atoms with Gasteiger partial charge < -0.3 is 5.32 Å². The minimum atomic E-state index is -0.326. The smallest absolute Gasteiger partial charge is 0.224 e. The highest BCUT2D eigenvalue weighted by molar-refractivity contribution is 9.09. The first kappa shape index (κ1) is 12.2. The van der Waals surface area contributed by atoms with E-state index >= 15 is 0 Å². The molecule has 15 heavy (non-hydrogen) atoms. The zero-order valence-electron chi connectivity index (χ0n) is 8.30. The van der Waals surface area contributed by atoms with Crippen LogP contribution in [-0.4, -0.2) is 17.8 Å². The molecular formula is C11H13BrFNO. The van der Waals surface area contributed by atoms with Crippen LogP contribution in [0.2, 0.25) is 0 Å². The van der Waals surface area contributed by atoms with E-state index in [1.54, 1.807) is 18.2 Å². The fourth-order valence-electron chi connectivity index (χ4n) is 1.17. The Hall–Kier alpha value is -0.900. The lowest BCUT2D eigenvalue weighted by Gasteiger charge is -2.04. The maximum Gasteiger partial charge on any atom is 0.224 e. The normalized spacial score (nSPS) is 10.0. The Bertz CT molecular complexity index is 330. The van der Waals surface area contributed by atoms with Gasteiger partial charge in [-0.05, 0) is 18.1 Å². The van der Waals surface area contributed by atoms with Gasteiger partial charge in [0.2, 0.25) is 5.91 Å². The maximum absolute atomic E-state index is 13.2. The fourth-order valence-corrected chi connectivity index (χ4v) is 1.45. The monoisotopic (exact) mass is 273 g/mol. The summed E-state index contributed by atoms with van der Waals surface area (Å²) < 4.78 is 13.2. The highest BCUT2D eigenvalue weighted by atomic mass is 79.9. The minimum Gasteiger partial charge on any atom is -0.356 e. The first-order valence-electron chi connectivity index (χ1n) is 4.80. The molecule has 0 saturated heterocycles. The first-order chi connectivity index (χ1) is 7.24. The van der Waals surface area contributed by atoms with Crippen molar-refractivity contribution in [2.75, 3.05) is 11.9 Å². The molecular weight excluding hydrogens is 261 g/mol. The molecule has 0 heterocycles. The Balaban J connectivity index is 2.41. The number of benzene rings is 1.